The zero-order chi connectivity index (χ0) is 13.4. The highest BCUT2D eigenvalue weighted by Crippen LogP contribution is 2.42. The second-order valence-corrected chi connectivity index (χ2v) is 5.41. The molecule has 0 bridgehead atoms. The number of carbonyl (C=O) groups is 1. The van der Waals surface area contributed by atoms with Crippen LogP contribution in [-0.4, -0.2) is 23.0 Å². The van der Waals surface area contributed by atoms with Gasteiger partial charge in [-0.05, 0) is 17.7 Å². The van der Waals surface area contributed by atoms with E-state index in [1.807, 2.05) is 6.07 Å². The van der Waals surface area contributed by atoms with E-state index in [0.717, 1.165) is 15.6 Å². The number of nitrogens with one attached hydrogen (secondary N) is 2. The topological polar surface area (TPSA) is 74.2 Å². The quantitative estimate of drug-likeness (QED) is 0.786. The van der Waals surface area contributed by atoms with Crippen LogP contribution in [-0.2, 0) is 4.79 Å². The first kappa shape index (κ1) is 12.0. The van der Waals surface area contributed by atoms with Gasteiger partial charge in [-0.25, -0.2) is 4.98 Å². The lowest BCUT2D eigenvalue weighted by Crippen LogP contribution is -2.22. The van der Waals surface area contributed by atoms with Gasteiger partial charge in [0.1, 0.15) is 11.6 Å². The maximum absolute atomic E-state index is 11.8. The molecule has 1 aromatic carbocycles. The molecule has 0 radical (unpaired) electrons. The number of fused-ring (bicyclic) bond motifs is 1. The molecule has 1 atom stereocenters. The van der Waals surface area contributed by atoms with Gasteiger partial charge < -0.3 is 15.7 Å². The van der Waals surface area contributed by atoms with Crippen molar-refractivity contribution in [1.82, 2.24) is 4.98 Å². The largest absolute Gasteiger partial charge is 0.508 e. The minimum Gasteiger partial charge on any atom is -0.508 e. The molecule has 1 amide bonds. The van der Waals surface area contributed by atoms with Crippen molar-refractivity contribution in [1.29, 1.82) is 0 Å². The van der Waals surface area contributed by atoms with Crippen LogP contribution in [0.25, 0.3) is 0 Å². The number of carbonyl (C=O) groups excluding carboxylic acids is 1. The second-order valence-electron chi connectivity index (χ2n) is 4.38. The summed E-state index contributed by atoms with van der Waals surface area (Å²) in [6.45, 7) is 0. The Morgan fingerprint density at radius 3 is 3.11 bits per heavy atom. The Labute approximate surface area is 114 Å². The highest BCUT2D eigenvalue weighted by molar-refractivity contribution is 7.16. The van der Waals surface area contributed by atoms with Crippen molar-refractivity contribution < 1.29 is 9.90 Å². The molecule has 0 saturated carbocycles. The van der Waals surface area contributed by atoms with Crippen LogP contribution in [0.1, 0.15) is 22.8 Å². The molecule has 98 valence electrons. The van der Waals surface area contributed by atoms with Crippen molar-refractivity contribution in [2.24, 2.45) is 0 Å². The van der Waals surface area contributed by atoms with Crippen LogP contribution in [0.3, 0.4) is 0 Å². The summed E-state index contributed by atoms with van der Waals surface area (Å²) in [4.78, 5) is 17.1. The van der Waals surface area contributed by atoms with Gasteiger partial charge in [0.05, 0.1) is 4.88 Å². The van der Waals surface area contributed by atoms with E-state index < -0.39 is 0 Å². The minimum atomic E-state index is -0.0474. The summed E-state index contributed by atoms with van der Waals surface area (Å²) in [7, 11) is 1.80. The number of phenols is 1. The first-order valence-electron chi connectivity index (χ1n) is 5.94. The van der Waals surface area contributed by atoms with Gasteiger partial charge in [-0.15, -0.1) is 0 Å². The minimum absolute atomic E-state index is 0.0459. The van der Waals surface area contributed by atoms with Gasteiger partial charge in [-0.2, -0.15) is 0 Å². The van der Waals surface area contributed by atoms with E-state index in [1.165, 1.54) is 11.3 Å². The summed E-state index contributed by atoms with van der Waals surface area (Å²) in [6.07, 6.45) is 0.377. The second kappa shape index (κ2) is 4.55. The molecule has 1 aliphatic rings. The third-order valence-corrected chi connectivity index (χ3v) is 4.29. The third-order valence-electron chi connectivity index (χ3n) is 3.10. The Morgan fingerprint density at radius 2 is 2.37 bits per heavy atom. The average Bonchev–Trinajstić information content (AvgIpc) is 2.80. The van der Waals surface area contributed by atoms with Crippen LogP contribution in [0.4, 0.5) is 10.9 Å². The van der Waals surface area contributed by atoms with E-state index in [9.17, 15) is 9.90 Å². The fourth-order valence-electron chi connectivity index (χ4n) is 2.24. The van der Waals surface area contributed by atoms with Gasteiger partial charge in [0.25, 0.3) is 0 Å². The SMILES string of the molecule is CNc1nc2c(s1)[C@@H](c1cccc(O)c1)CC(=O)N2. The Balaban J connectivity index is 2.07. The Hall–Kier alpha value is -2.08. The molecule has 0 unspecified atom stereocenters. The Kier molecular flexibility index (Phi) is 2.87. The van der Waals surface area contributed by atoms with Crippen LogP contribution in [0, 0.1) is 0 Å². The predicted octanol–water partition coefficient (Wildman–Crippen LogP) is 2.36. The molecule has 6 heteroatoms. The van der Waals surface area contributed by atoms with Crippen molar-refractivity contribution >= 4 is 28.2 Å². The number of benzene rings is 1. The molecular formula is C13H13N3O2S. The van der Waals surface area contributed by atoms with Crippen LogP contribution >= 0.6 is 11.3 Å². The van der Waals surface area contributed by atoms with Crippen molar-refractivity contribution in [3.63, 3.8) is 0 Å². The van der Waals surface area contributed by atoms with E-state index >= 15 is 0 Å². The molecule has 2 aromatic rings. The number of aromatic nitrogens is 1. The molecule has 0 saturated heterocycles. The van der Waals surface area contributed by atoms with Crippen molar-refractivity contribution in [3.8, 4) is 5.75 Å². The number of nitrogens with zero attached hydrogens (tertiary/aromatic N) is 1. The summed E-state index contributed by atoms with van der Waals surface area (Å²) in [5.41, 5.74) is 0.933. The van der Waals surface area contributed by atoms with Gasteiger partial charge in [0, 0.05) is 19.4 Å². The van der Waals surface area contributed by atoms with Crippen molar-refractivity contribution in [3.05, 3.63) is 34.7 Å². The maximum atomic E-state index is 11.8. The van der Waals surface area contributed by atoms with E-state index in [4.69, 9.17) is 0 Å². The number of hydrogen-bond donors (Lipinski definition) is 3. The molecule has 2 heterocycles. The standard InChI is InChI=1S/C13H13N3O2S/c1-14-13-16-12-11(19-13)9(6-10(18)15-12)7-3-2-4-8(17)5-7/h2-5,9,17H,6H2,1H3,(H,14,16)(H,15,18)/t9-/m1/s1. The molecule has 0 fully saturated rings. The highest BCUT2D eigenvalue weighted by atomic mass is 32.1. The molecule has 19 heavy (non-hydrogen) atoms. The van der Waals surface area contributed by atoms with Gasteiger partial charge in [0.2, 0.25) is 5.91 Å². The zero-order valence-corrected chi connectivity index (χ0v) is 11.1. The molecule has 5 nitrogen and oxygen atoms in total. The molecule has 3 rings (SSSR count). The number of phenolic OH excluding ortho intramolecular Hbond substituents is 1. The fraction of sp³-hybridized carbons (Fsp3) is 0.231. The van der Waals surface area contributed by atoms with Crippen LogP contribution in [0.15, 0.2) is 24.3 Å². The Morgan fingerprint density at radius 1 is 1.53 bits per heavy atom. The van der Waals surface area contributed by atoms with E-state index in [0.29, 0.717) is 12.2 Å². The van der Waals surface area contributed by atoms with Gasteiger partial charge in [-0.3, -0.25) is 4.79 Å². The summed E-state index contributed by atoms with van der Waals surface area (Å²) in [6, 6.07) is 7.03. The number of anilines is 2. The lowest BCUT2D eigenvalue weighted by atomic mass is 9.91. The van der Waals surface area contributed by atoms with Gasteiger partial charge in [-0.1, -0.05) is 23.5 Å². The molecule has 0 spiro atoms. The first-order chi connectivity index (χ1) is 9.17. The fourth-order valence-corrected chi connectivity index (χ4v) is 3.24. The van der Waals surface area contributed by atoms with Gasteiger partial charge in [0.15, 0.2) is 5.13 Å². The van der Waals surface area contributed by atoms with E-state index in [1.54, 1.807) is 25.2 Å². The highest BCUT2D eigenvalue weighted by Gasteiger charge is 2.30. The average molecular weight is 275 g/mol. The van der Waals surface area contributed by atoms with Crippen LogP contribution in [0.2, 0.25) is 0 Å². The summed E-state index contributed by atoms with van der Waals surface area (Å²) >= 11 is 1.53. The smallest absolute Gasteiger partial charge is 0.226 e. The normalized spacial score (nSPS) is 17.7. The van der Waals surface area contributed by atoms with Crippen molar-refractivity contribution in [2.45, 2.75) is 12.3 Å². The van der Waals surface area contributed by atoms with Crippen LogP contribution in [0.5, 0.6) is 5.75 Å². The monoisotopic (exact) mass is 275 g/mol. The molecule has 1 aromatic heterocycles. The van der Waals surface area contributed by atoms with Crippen molar-refractivity contribution in [2.75, 3.05) is 17.7 Å². The van der Waals surface area contributed by atoms with E-state index in [2.05, 4.69) is 15.6 Å². The number of aromatic hydroxyl groups is 1. The van der Waals surface area contributed by atoms with Gasteiger partial charge >= 0.3 is 0 Å². The first-order valence-corrected chi connectivity index (χ1v) is 6.76. The predicted molar refractivity (Wildman–Crippen MR) is 74.9 cm³/mol. The van der Waals surface area contributed by atoms with Crippen LogP contribution < -0.4 is 10.6 Å². The maximum Gasteiger partial charge on any atom is 0.226 e. The summed E-state index contributed by atoms with van der Waals surface area (Å²) in [5, 5.41) is 16.1. The number of amides is 1. The lowest BCUT2D eigenvalue weighted by molar-refractivity contribution is -0.116. The zero-order valence-electron chi connectivity index (χ0n) is 10.3. The Bertz CT molecular complexity index is 639. The number of thiazole rings is 1. The number of rotatable bonds is 2. The lowest BCUT2D eigenvalue weighted by Gasteiger charge is -2.21. The third kappa shape index (κ3) is 2.15. The van der Waals surface area contributed by atoms with E-state index in [-0.39, 0.29) is 17.6 Å². The summed E-state index contributed by atoms with van der Waals surface area (Å²) < 4.78 is 0. The summed E-state index contributed by atoms with van der Waals surface area (Å²) in [5.74, 6) is 0.742. The molecule has 3 N–H and O–H groups in total. The molecular weight excluding hydrogens is 262 g/mol. The molecule has 1 aliphatic heterocycles. The number of hydrogen-bond acceptors (Lipinski definition) is 5. The molecule has 0 aliphatic carbocycles.